The van der Waals surface area contributed by atoms with Crippen molar-refractivity contribution in [1.29, 1.82) is 0 Å². The van der Waals surface area contributed by atoms with Crippen molar-refractivity contribution in [2.24, 2.45) is 0 Å². The van der Waals surface area contributed by atoms with Crippen LogP contribution in [0.25, 0.3) is 0 Å². The summed E-state index contributed by atoms with van der Waals surface area (Å²) < 4.78 is 6.61. The highest BCUT2D eigenvalue weighted by atomic mass is 32.2. The number of anilines is 1. The van der Waals surface area contributed by atoms with Gasteiger partial charge in [-0.1, -0.05) is 12.8 Å². The molecule has 6 heteroatoms. The fourth-order valence-corrected chi connectivity index (χ4v) is 3.54. The molecule has 0 bridgehead atoms. The Morgan fingerprint density at radius 2 is 2.28 bits per heavy atom. The minimum atomic E-state index is -0.470. The number of hydrogen-bond donors (Lipinski definition) is 1. The number of aromatic nitrogens is 2. The Balaban J connectivity index is 2.27. The Bertz CT molecular complexity index is 433. The Kier molecular flexibility index (Phi) is 4.16. The quantitative estimate of drug-likeness (QED) is 0.851. The Hall–Kier alpha value is -1.17. The fraction of sp³-hybridized carbons (Fsp3) is 0.667. The van der Waals surface area contributed by atoms with Crippen LogP contribution >= 0.6 is 11.8 Å². The minimum Gasteiger partial charge on any atom is -0.464 e. The summed E-state index contributed by atoms with van der Waals surface area (Å²) in [5.41, 5.74) is 6.24. The van der Waals surface area contributed by atoms with Gasteiger partial charge >= 0.3 is 5.97 Å². The van der Waals surface area contributed by atoms with Crippen molar-refractivity contribution < 1.29 is 9.53 Å². The molecule has 1 aliphatic carbocycles. The molecular formula is C12H19N3O2S. The van der Waals surface area contributed by atoms with Crippen LogP contribution in [0.15, 0.2) is 6.33 Å². The first kappa shape index (κ1) is 13.3. The van der Waals surface area contributed by atoms with Gasteiger partial charge in [0, 0.05) is 11.3 Å². The van der Waals surface area contributed by atoms with E-state index in [1.54, 1.807) is 6.33 Å². The maximum atomic E-state index is 11.5. The van der Waals surface area contributed by atoms with E-state index in [1.165, 1.54) is 26.4 Å². The number of nitrogens with zero attached hydrogens (tertiary/aromatic N) is 2. The van der Waals surface area contributed by atoms with Gasteiger partial charge in [-0.3, -0.25) is 0 Å². The molecule has 0 amide bonds. The van der Waals surface area contributed by atoms with Crippen molar-refractivity contribution in [3.8, 4) is 0 Å². The van der Waals surface area contributed by atoms with Crippen LogP contribution < -0.4 is 5.73 Å². The highest BCUT2D eigenvalue weighted by Crippen LogP contribution is 2.37. The first-order valence-electron chi connectivity index (χ1n) is 6.12. The van der Waals surface area contributed by atoms with E-state index in [2.05, 4.69) is 16.0 Å². The molecule has 2 unspecified atom stereocenters. The van der Waals surface area contributed by atoms with Crippen molar-refractivity contribution in [2.75, 3.05) is 19.1 Å². The van der Waals surface area contributed by atoms with Gasteiger partial charge in [-0.15, -0.1) is 0 Å². The van der Waals surface area contributed by atoms with Crippen molar-refractivity contribution in [3.05, 3.63) is 12.0 Å². The zero-order valence-electron chi connectivity index (χ0n) is 10.8. The van der Waals surface area contributed by atoms with Crippen LogP contribution in [-0.2, 0) is 4.74 Å². The van der Waals surface area contributed by atoms with Gasteiger partial charge < -0.3 is 15.0 Å². The number of nitrogen functional groups attached to an aromatic ring is 1. The summed E-state index contributed by atoms with van der Waals surface area (Å²) >= 11 is 1.86. The smallest absolute Gasteiger partial charge is 0.360 e. The summed E-state index contributed by atoms with van der Waals surface area (Å²) in [5.74, 6) is -0.0458. The van der Waals surface area contributed by atoms with Crippen molar-refractivity contribution in [3.63, 3.8) is 0 Å². The molecule has 0 saturated heterocycles. The van der Waals surface area contributed by atoms with Gasteiger partial charge in [0.1, 0.15) is 5.82 Å². The number of rotatable bonds is 3. The monoisotopic (exact) mass is 269 g/mol. The number of esters is 1. The first-order valence-corrected chi connectivity index (χ1v) is 7.41. The second-order valence-electron chi connectivity index (χ2n) is 4.50. The lowest BCUT2D eigenvalue weighted by molar-refractivity contribution is 0.0596. The van der Waals surface area contributed by atoms with E-state index in [4.69, 9.17) is 5.73 Å². The highest BCUT2D eigenvalue weighted by molar-refractivity contribution is 7.99. The average molecular weight is 269 g/mol. The molecule has 0 spiro atoms. The fourth-order valence-electron chi connectivity index (χ4n) is 2.56. The van der Waals surface area contributed by atoms with Crippen LogP contribution in [0, 0.1) is 0 Å². The van der Waals surface area contributed by atoms with Gasteiger partial charge in [-0.2, -0.15) is 11.8 Å². The number of carbonyl (C=O) groups excluding carboxylic acids is 1. The zero-order valence-corrected chi connectivity index (χ0v) is 11.6. The third-order valence-electron chi connectivity index (χ3n) is 3.54. The number of nitrogens with two attached hydrogens (primary N) is 1. The lowest BCUT2D eigenvalue weighted by Crippen LogP contribution is -2.26. The Morgan fingerprint density at radius 1 is 1.56 bits per heavy atom. The molecule has 1 saturated carbocycles. The topological polar surface area (TPSA) is 70.1 Å². The molecule has 0 aliphatic heterocycles. The largest absolute Gasteiger partial charge is 0.464 e. The van der Waals surface area contributed by atoms with Gasteiger partial charge in [-0.25, -0.2) is 9.78 Å². The van der Waals surface area contributed by atoms with Gasteiger partial charge in [0.25, 0.3) is 0 Å². The van der Waals surface area contributed by atoms with Gasteiger partial charge in [-0.05, 0) is 19.1 Å². The summed E-state index contributed by atoms with van der Waals surface area (Å²) in [6, 6.07) is 0.333. The number of hydrogen-bond acceptors (Lipinski definition) is 5. The Morgan fingerprint density at radius 3 is 2.94 bits per heavy atom. The SMILES string of the molecule is COC(=O)c1ncn(C2CCCCC2SC)c1N. The van der Waals surface area contributed by atoms with E-state index < -0.39 is 5.97 Å². The normalized spacial score (nSPS) is 23.9. The molecule has 18 heavy (non-hydrogen) atoms. The molecule has 1 fully saturated rings. The standard InChI is InChI=1S/C12H19N3O2S/c1-17-12(16)10-11(13)15(7-14-10)8-5-3-4-6-9(8)18-2/h7-9H,3-6,13H2,1-2H3. The van der Waals surface area contributed by atoms with Gasteiger partial charge in [0.15, 0.2) is 5.69 Å². The molecular weight excluding hydrogens is 250 g/mol. The van der Waals surface area contributed by atoms with E-state index in [0.717, 1.165) is 6.42 Å². The lowest BCUT2D eigenvalue weighted by Gasteiger charge is -2.31. The molecule has 2 rings (SSSR count). The second kappa shape index (κ2) is 5.65. The molecule has 0 radical (unpaired) electrons. The van der Waals surface area contributed by atoms with Crippen LogP contribution in [0.3, 0.4) is 0 Å². The number of imidazole rings is 1. The average Bonchev–Trinajstić information content (AvgIpc) is 2.79. The highest BCUT2D eigenvalue weighted by Gasteiger charge is 2.29. The van der Waals surface area contributed by atoms with E-state index in [-0.39, 0.29) is 5.69 Å². The summed E-state index contributed by atoms with van der Waals surface area (Å²) in [7, 11) is 1.34. The summed E-state index contributed by atoms with van der Waals surface area (Å²) in [5, 5.41) is 0.542. The molecule has 2 N–H and O–H groups in total. The number of methoxy groups -OCH3 is 1. The van der Waals surface area contributed by atoms with Gasteiger partial charge in [0.2, 0.25) is 0 Å². The predicted molar refractivity (Wildman–Crippen MR) is 72.8 cm³/mol. The summed E-state index contributed by atoms with van der Waals surface area (Å²) in [4.78, 5) is 15.6. The van der Waals surface area contributed by atoms with E-state index >= 15 is 0 Å². The third kappa shape index (κ3) is 2.34. The van der Waals surface area contributed by atoms with Crippen LogP contribution in [0.4, 0.5) is 5.82 Å². The van der Waals surface area contributed by atoms with Crippen molar-refractivity contribution >= 4 is 23.5 Å². The molecule has 1 aromatic heterocycles. The minimum absolute atomic E-state index is 0.225. The third-order valence-corrected chi connectivity index (χ3v) is 4.69. The molecule has 1 aliphatic rings. The van der Waals surface area contributed by atoms with Crippen LogP contribution in [0.2, 0.25) is 0 Å². The molecule has 2 atom stereocenters. The maximum Gasteiger partial charge on any atom is 0.360 e. The van der Waals surface area contributed by atoms with Crippen molar-refractivity contribution in [1.82, 2.24) is 9.55 Å². The van der Waals surface area contributed by atoms with Crippen LogP contribution in [0.1, 0.15) is 42.2 Å². The molecule has 0 aromatic carbocycles. The number of thioether (sulfide) groups is 1. The van der Waals surface area contributed by atoms with Crippen LogP contribution in [-0.4, -0.2) is 34.1 Å². The Labute approximate surface area is 111 Å². The molecule has 100 valence electrons. The van der Waals surface area contributed by atoms with Gasteiger partial charge in [0.05, 0.1) is 13.4 Å². The lowest BCUT2D eigenvalue weighted by atomic mass is 9.94. The number of carbonyl (C=O) groups is 1. The van der Waals surface area contributed by atoms with E-state index in [0.29, 0.717) is 17.1 Å². The van der Waals surface area contributed by atoms with Crippen LogP contribution in [0.5, 0.6) is 0 Å². The maximum absolute atomic E-state index is 11.5. The van der Waals surface area contributed by atoms with E-state index in [9.17, 15) is 4.79 Å². The zero-order chi connectivity index (χ0) is 13.1. The molecule has 1 aromatic rings. The van der Waals surface area contributed by atoms with E-state index in [1.807, 2.05) is 16.3 Å². The number of ether oxygens (including phenoxy) is 1. The predicted octanol–water partition coefficient (Wildman–Crippen LogP) is 2.10. The van der Waals surface area contributed by atoms with Crippen molar-refractivity contribution in [2.45, 2.75) is 37.0 Å². The second-order valence-corrected chi connectivity index (χ2v) is 5.58. The summed E-state index contributed by atoms with van der Waals surface area (Å²) in [6.07, 6.45) is 8.54. The summed E-state index contributed by atoms with van der Waals surface area (Å²) in [6.45, 7) is 0. The first-order chi connectivity index (χ1) is 8.69. The molecule has 5 nitrogen and oxygen atoms in total. The molecule has 1 heterocycles.